The first-order valence-corrected chi connectivity index (χ1v) is 7.17. The fourth-order valence-electron chi connectivity index (χ4n) is 0.966. The Labute approximate surface area is 117 Å². The molecule has 0 aliphatic carbocycles. The molecule has 0 aliphatic rings. The summed E-state index contributed by atoms with van der Waals surface area (Å²) >= 11 is 0. The van der Waals surface area contributed by atoms with Crippen LogP contribution in [0.25, 0.3) is 0 Å². The molecule has 2 atom stereocenters. The van der Waals surface area contributed by atoms with E-state index in [1.54, 1.807) is 0 Å². The van der Waals surface area contributed by atoms with E-state index >= 15 is 0 Å². The first-order valence-electron chi connectivity index (χ1n) is 7.17. The van der Waals surface area contributed by atoms with E-state index in [4.69, 9.17) is 9.47 Å². The smallest absolute Gasteiger partial charge is 0.308 e. The van der Waals surface area contributed by atoms with Gasteiger partial charge in [-0.1, -0.05) is 27.7 Å². The summed E-state index contributed by atoms with van der Waals surface area (Å²) in [6, 6.07) is 0. The Balaban J connectivity index is 0. The van der Waals surface area contributed by atoms with Crippen LogP contribution in [0.15, 0.2) is 0 Å². The normalized spacial score (nSPS) is 13.1. The first kappa shape index (κ1) is 20.3. The lowest BCUT2D eigenvalue weighted by Crippen LogP contribution is -2.18. The molecule has 0 spiro atoms. The summed E-state index contributed by atoms with van der Waals surface area (Å²) in [5.74, 6) is -0.0650. The van der Waals surface area contributed by atoms with Gasteiger partial charge in [0.1, 0.15) is 0 Å². The zero-order chi connectivity index (χ0) is 15.4. The highest BCUT2D eigenvalue weighted by Crippen LogP contribution is 2.04. The van der Waals surface area contributed by atoms with Crippen molar-refractivity contribution in [2.75, 3.05) is 6.61 Å². The highest BCUT2D eigenvalue weighted by Gasteiger charge is 2.12. The number of ether oxygens (including phenoxy) is 2. The number of hydrogen-bond donors (Lipinski definition) is 0. The molecule has 2 unspecified atom stereocenters. The van der Waals surface area contributed by atoms with Gasteiger partial charge >= 0.3 is 11.9 Å². The van der Waals surface area contributed by atoms with Crippen molar-refractivity contribution in [1.29, 1.82) is 0 Å². The van der Waals surface area contributed by atoms with E-state index in [0.29, 0.717) is 6.61 Å². The summed E-state index contributed by atoms with van der Waals surface area (Å²) < 4.78 is 9.72. The van der Waals surface area contributed by atoms with Crippen LogP contribution in [0.3, 0.4) is 0 Å². The molecule has 0 N–H and O–H groups in total. The molecule has 0 saturated carbocycles. The van der Waals surface area contributed by atoms with E-state index < -0.39 is 0 Å². The van der Waals surface area contributed by atoms with Gasteiger partial charge in [-0.05, 0) is 33.6 Å². The van der Waals surface area contributed by atoms with E-state index in [1.165, 1.54) is 0 Å². The van der Waals surface area contributed by atoms with Crippen molar-refractivity contribution in [3.05, 3.63) is 0 Å². The molecule has 0 heterocycles. The molecule has 4 heteroatoms. The molecule has 114 valence electrons. The molecular weight excluding hydrogens is 244 g/mol. The maximum Gasteiger partial charge on any atom is 0.308 e. The van der Waals surface area contributed by atoms with Gasteiger partial charge < -0.3 is 9.47 Å². The van der Waals surface area contributed by atoms with Crippen LogP contribution in [0.1, 0.15) is 61.3 Å². The van der Waals surface area contributed by atoms with E-state index in [0.717, 1.165) is 12.8 Å². The second-order valence-corrected chi connectivity index (χ2v) is 4.86. The van der Waals surface area contributed by atoms with Gasteiger partial charge in [-0.2, -0.15) is 0 Å². The van der Waals surface area contributed by atoms with E-state index in [2.05, 4.69) is 0 Å². The standard InChI is InChI=1S/C8H16O2.C7H14O2/c1-5-7(4)8(9)10-6(2)3;1-4-6(3)7(8)9-5-2/h6-7H,5H2,1-4H3;6H,4-5H2,1-3H3. The van der Waals surface area contributed by atoms with Crippen molar-refractivity contribution < 1.29 is 19.1 Å². The average molecular weight is 274 g/mol. The molecule has 0 aromatic carbocycles. The van der Waals surface area contributed by atoms with E-state index in [9.17, 15) is 9.59 Å². The first-order chi connectivity index (χ1) is 8.79. The second-order valence-electron chi connectivity index (χ2n) is 4.86. The fourth-order valence-corrected chi connectivity index (χ4v) is 0.966. The Morgan fingerprint density at radius 3 is 1.58 bits per heavy atom. The summed E-state index contributed by atoms with van der Waals surface area (Å²) in [5.41, 5.74) is 0. The zero-order valence-corrected chi connectivity index (χ0v) is 13.5. The topological polar surface area (TPSA) is 52.6 Å². The zero-order valence-electron chi connectivity index (χ0n) is 13.5. The van der Waals surface area contributed by atoms with Gasteiger partial charge in [0.15, 0.2) is 0 Å². The van der Waals surface area contributed by atoms with E-state index in [1.807, 2.05) is 48.5 Å². The number of carbonyl (C=O) groups is 2. The Kier molecular flexibility index (Phi) is 12.8. The van der Waals surface area contributed by atoms with Crippen LogP contribution in [-0.2, 0) is 19.1 Å². The van der Waals surface area contributed by atoms with Crippen molar-refractivity contribution in [3.63, 3.8) is 0 Å². The highest BCUT2D eigenvalue weighted by atomic mass is 16.5. The molecule has 0 aromatic heterocycles. The van der Waals surface area contributed by atoms with Crippen molar-refractivity contribution in [1.82, 2.24) is 0 Å². The molecule has 0 rings (SSSR count). The molecular formula is C15H30O4. The van der Waals surface area contributed by atoms with Crippen LogP contribution in [0.4, 0.5) is 0 Å². The third-order valence-electron chi connectivity index (χ3n) is 2.67. The Hall–Kier alpha value is -1.06. The lowest BCUT2D eigenvalue weighted by Gasteiger charge is -2.11. The third kappa shape index (κ3) is 11.7. The molecule has 0 aliphatic heterocycles. The van der Waals surface area contributed by atoms with Crippen molar-refractivity contribution in [2.24, 2.45) is 11.8 Å². The predicted octanol–water partition coefficient (Wildman–Crippen LogP) is 3.58. The predicted molar refractivity (Wildman–Crippen MR) is 76.8 cm³/mol. The molecule has 0 bridgehead atoms. The monoisotopic (exact) mass is 274 g/mol. The molecule has 0 amide bonds. The minimum Gasteiger partial charge on any atom is -0.466 e. The molecule has 4 nitrogen and oxygen atoms in total. The summed E-state index contributed by atoms with van der Waals surface area (Å²) in [7, 11) is 0. The van der Waals surface area contributed by atoms with Crippen LogP contribution in [0.2, 0.25) is 0 Å². The highest BCUT2D eigenvalue weighted by molar-refractivity contribution is 5.72. The van der Waals surface area contributed by atoms with Gasteiger partial charge in [0.25, 0.3) is 0 Å². The van der Waals surface area contributed by atoms with Crippen LogP contribution in [0, 0.1) is 11.8 Å². The Morgan fingerprint density at radius 2 is 1.26 bits per heavy atom. The average Bonchev–Trinajstić information content (AvgIpc) is 2.36. The lowest BCUT2D eigenvalue weighted by atomic mass is 10.1. The van der Waals surface area contributed by atoms with Gasteiger partial charge in [-0.3, -0.25) is 9.59 Å². The number of hydrogen-bond acceptors (Lipinski definition) is 4. The Bertz CT molecular complexity index is 249. The summed E-state index contributed by atoms with van der Waals surface area (Å²) in [4.78, 5) is 21.7. The van der Waals surface area contributed by atoms with Gasteiger partial charge in [-0.25, -0.2) is 0 Å². The van der Waals surface area contributed by atoms with Gasteiger partial charge in [0.05, 0.1) is 24.5 Å². The summed E-state index contributed by atoms with van der Waals surface area (Å²) in [6.45, 7) is 13.7. The van der Waals surface area contributed by atoms with Crippen molar-refractivity contribution >= 4 is 11.9 Å². The quantitative estimate of drug-likeness (QED) is 0.695. The van der Waals surface area contributed by atoms with Crippen LogP contribution in [-0.4, -0.2) is 24.6 Å². The minimum atomic E-state index is -0.0856. The molecule has 19 heavy (non-hydrogen) atoms. The fraction of sp³-hybridized carbons (Fsp3) is 0.867. The minimum absolute atomic E-state index is 0.0153. The molecule has 0 saturated heterocycles. The van der Waals surface area contributed by atoms with Crippen molar-refractivity contribution in [2.45, 2.75) is 67.4 Å². The van der Waals surface area contributed by atoms with Crippen LogP contribution in [0.5, 0.6) is 0 Å². The lowest BCUT2D eigenvalue weighted by molar-refractivity contribution is -0.152. The molecule has 0 radical (unpaired) electrons. The Morgan fingerprint density at radius 1 is 0.842 bits per heavy atom. The number of carbonyl (C=O) groups excluding carboxylic acids is 2. The largest absolute Gasteiger partial charge is 0.466 e. The number of esters is 2. The number of rotatable bonds is 6. The summed E-state index contributed by atoms with van der Waals surface area (Å²) in [5, 5.41) is 0. The SMILES string of the molecule is CCC(C)C(=O)OC(C)C.CCOC(=O)C(C)CC. The third-order valence-corrected chi connectivity index (χ3v) is 2.67. The van der Waals surface area contributed by atoms with Gasteiger partial charge in [0.2, 0.25) is 0 Å². The second kappa shape index (κ2) is 12.0. The van der Waals surface area contributed by atoms with Crippen LogP contribution < -0.4 is 0 Å². The summed E-state index contributed by atoms with van der Waals surface area (Å²) in [6.07, 6.45) is 1.73. The molecule has 0 fully saturated rings. The van der Waals surface area contributed by atoms with E-state index in [-0.39, 0.29) is 29.9 Å². The van der Waals surface area contributed by atoms with Crippen molar-refractivity contribution in [3.8, 4) is 0 Å². The molecule has 0 aromatic rings. The maximum absolute atomic E-state index is 11.0. The maximum atomic E-state index is 11.0. The van der Waals surface area contributed by atoms with Gasteiger partial charge in [0, 0.05) is 0 Å². The van der Waals surface area contributed by atoms with Crippen LogP contribution >= 0.6 is 0 Å². The van der Waals surface area contributed by atoms with Gasteiger partial charge in [-0.15, -0.1) is 0 Å².